The summed E-state index contributed by atoms with van der Waals surface area (Å²) in [5.41, 5.74) is 0.0646. The lowest BCUT2D eigenvalue weighted by atomic mass is 9.44. The normalized spacial score (nSPS) is 33.2. The van der Waals surface area contributed by atoms with Crippen LogP contribution in [0.5, 0.6) is 0 Å². The maximum atomic E-state index is 13.2. The first-order chi connectivity index (χ1) is 12.3. The first-order valence-corrected chi connectivity index (χ1v) is 9.25. The molecule has 1 heterocycles. The van der Waals surface area contributed by atoms with Crippen molar-refractivity contribution in [3.05, 3.63) is 29.3 Å². The van der Waals surface area contributed by atoms with Crippen LogP contribution in [0.15, 0.2) is 23.2 Å². The Morgan fingerprint density at radius 2 is 2.08 bits per heavy atom. The quantitative estimate of drug-likeness (QED) is 0.706. The highest BCUT2D eigenvalue weighted by molar-refractivity contribution is 6.02. The van der Waals surface area contributed by atoms with E-state index < -0.39 is 17.6 Å². The number of hydrogen-bond acceptors (Lipinski definition) is 2. The number of anilines is 1. The zero-order chi connectivity index (χ0) is 18.7. The van der Waals surface area contributed by atoms with E-state index in [1.54, 1.807) is 0 Å². The predicted molar refractivity (Wildman–Crippen MR) is 94.6 cm³/mol. The fourth-order valence-electron chi connectivity index (χ4n) is 5.96. The summed E-state index contributed by atoms with van der Waals surface area (Å²) in [7, 11) is 0. The van der Waals surface area contributed by atoms with Crippen LogP contribution in [-0.2, 0) is 6.18 Å². The number of aliphatic imine (C=N–C) groups is 1. The second-order valence-corrected chi connectivity index (χ2v) is 8.12. The summed E-state index contributed by atoms with van der Waals surface area (Å²) in [6, 6.07) is 3.31. The number of alkyl halides is 3. The van der Waals surface area contributed by atoms with Gasteiger partial charge in [0, 0.05) is 13.1 Å². The molecule has 3 nitrogen and oxygen atoms in total. The minimum Gasteiger partial charge on any atom is -0.370 e. The minimum absolute atomic E-state index is 0.214. The van der Waals surface area contributed by atoms with Gasteiger partial charge < -0.3 is 4.90 Å². The van der Waals surface area contributed by atoms with Crippen LogP contribution in [0.3, 0.4) is 0 Å². The maximum absolute atomic E-state index is 13.2. The number of nitrogens with zero attached hydrogens (tertiary/aromatic N) is 2. The molecule has 1 aromatic rings. The predicted octanol–water partition coefficient (Wildman–Crippen LogP) is 4.81. The number of hydrogen-bond donors (Lipinski definition) is 0. The summed E-state index contributed by atoms with van der Waals surface area (Å²) in [6.45, 7) is 6.98. The first kappa shape index (κ1) is 17.6. The summed E-state index contributed by atoms with van der Waals surface area (Å²) >= 11 is 0. The van der Waals surface area contributed by atoms with Crippen LogP contribution in [0.2, 0.25) is 0 Å². The first-order valence-electron chi connectivity index (χ1n) is 9.25. The van der Waals surface area contributed by atoms with Gasteiger partial charge in [-0.25, -0.2) is 4.99 Å². The van der Waals surface area contributed by atoms with Gasteiger partial charge in [0.1, 0.15) is 0 Å². The van der Waals surface area contributed by atoms with E-state index in [1.165, 1.54) is 25.3 Å². The molecule has 2 aliphatic carbocycles. The molecule has 4 rings (SSSR count). The molecule has 4 unspecified atom stereocenters. The molecule has 3 aliphatic rings. The Labute approximate surface area is 151 Å². The Kier molecular flexibility index (Phi) is 3.93. The Morgan fingerprint density at radius 3 is 2.77 bits per heavy atom. The molecule has 6 heteroatoms. The molecule has 2 saturated carbocycles. The maximum Gasteiger partial charge on any atom is 0.416 e. The van der Waals surface area contributed by atoms with Crippen LogP contribution < -0.4 is 4.90 Å². The molecule has 1 aliphatic heterocycles. The number of amides is 1. The lowest BCUT2D eigenvalue weighted by Gasteiger charge is -2.59. The molecule has 26 heavy (non-hydrogen) atoms. The third kappa shape index (κ3) is 2.41. The molecule has 1 spiro atoms. The summed E-state index contributed by atoms with van der Waals surface area (Å²) in [5.74, 6) is 1.19. The van der Waals surface area contributed by atoms with Crippen molar-refractivity contribution in [1.29, 1.82) is 0 Å². The van der Waals surface area contributed by atoms with Gasteiger partial charge in [0.25, 0.3) is 5.91 Å². The molecule has 4 atom stereocenters. The molecule has 0 bridgehead atoms. The molecule has 1 amide bonds. The van der Waals surface area contributed by atoms with Crippen LogP contribution in [-0.4, -0.2) is 25.7 Å². The van der Waals surface area contributed by atoms with Gasteiger partial charge in [0.15, 0.2) is 0 Å². The third-order valence-electron chi connectivity index (χ3n) is 7.10. The molecule has 0 N–H and O–H groups in total. The Balaban J connectivity index is 1.73. The van der Waals surface area contributed by atoms with Gasteiger partial charge in [-0.15, -0.1) is 0 Å². The van der Waals surface area contributed by atoms with Gasteiger partial charge in [-0.2, -0.15) is 13.2 Å². The van der Waals surface area contributed by atoms with Crippen LogP contribution in [0, 0.1) is 23.2 Å². The lowest BCUT2D eigenvalue weighted by Crippen LogP contribution is -2.56. The lowest BCUT2D eigenvalue weighted by molar-refractivity contribution is -0.137. The molecular formula is C20H23F3N2O. The SMILES string of the molecule is C=NC(=O)c1ccc(C(F)(F)F)cc1N1CC2C(C)C3CCCCC32C1. The van der Waals surface area contributed by atoms with E-state index in [1.807, 2.05) is 4.90 Å². The van der Waals surface area contributed by atoms with Crippen molar-refractivity contribution >= 4 is 18.3 Å². The Morgan fingerprint density at radius 1 is 1.31 bits per heavy atom. The van der Waals surface area contributed by atoms with Crippen molar-refractivity contribution < 1.29 is 18.0 Å². The number of carbonyl (C=O) groups is 1. The highest BCUT2D eigenvalue weighted by Crippen LogP contribution is 2.66. The standard InChI is InChI=1S/C20H23F3N2O/c1-12-15-5-3-4-8-19(15)11-25(10-16(12)19)17-9-13(20(21,22)23)6-7-14(17)18(26)24-2/h6-7,9,12,15-16H,2-5,8,10-11H2,1H3. The smallest absolute Gasteiger partial charge is 0.370 e. The average Bonchev–Trinajstić information content (AvgIpc) is 2.93. The van der Waals surface area contributed by atoms with Crippen LogP contribution in [0.25, 0.3) is 0 Å². The van der Waals surface area contributed by atoms with E-state index in [0.29, 0.717) is 23.4 Å². The average molecular weight is 364 g/mol. The topological polar surface area (TPSA) is 32.7 Å². The van der Waals surface area contributed by atoms with Gasteiger partial charge in [0.05, 0.1) is 16.8 Å². The fraction of sp³-hybridized carbons (Fsp3) is 0.600. The van der Waals surface area contributed by atoms with E-state index in [4.69, 9.17) is 0 Å². The fourth-order valence-corrected chi connectivity index (χ4v) is 5.96. The van der Waals surface area contributed by atoms with Crippen molar-refractivity contribution in [3.8, 4) is 0 Å². The van der Waals surface area contributed by atoms with Crippen molar-refractivity contribution in [2.24, 2.45) is 28.2 Å². The second kappa shape index (κ2) is 5.83. The Bertz CT molecular complexity index is 760. The molecule has 0 radical (unpaired) electrons. The van der Waals surface area contributed by atoms with Gasteiger partial charge in [0.2, 0.25) is 0 Å². The summed E-state index contributed by atoms with van der Waals surface area (Å²) in [5, 5.41) is 0. The third-order valence-corrected chi connectivity index (χ3v) is 7.10. The van der Waals surface area contributed by atoms with E-state index in [2.05, 4.69) is 18.6 Å². The van der Waals surface area contributed by atoms with Crippen molar-refractivity contribution in [1.82, 2.24) is 0 Å². The highest BCUT2D eigenvalue weighted by atomic mass is 19.4. The van der Waals surface area contributed by atoms with Crippen molar-refractivity contribution in [2.45, 2.75) is 38.8 Å². The largest absolute Gasteiger partial charge is 0.416 e. The minimum atomic E-state index is -4.43. The second-order valence-electron chi connectivity index (χ2n) is 8.12. The zero-order valence-corrected chi connectivity index (χ0v) is 14.9. The number of halogens is 3. The highest BCUT2D eigenvalue weighted by Gasteiger charge is 2.64. The number of carbonyl (C=O) groups excluding carboxylic acids is 1. The molecule has 0 aromatic heterocycles. The molecule has 1 aromatic carbocycles. The summed E-state index contributed by atoms with van der Waals surface area (Å²) in [6.07, 6.45) is 0.363. The van der Waals surface area contributed by atoms with E-state index in [-0.39, 0.29) is 11.0 Å². The Hall–Kier alpha value is -1.85. The summed E-state index contributed by atoms with van der Waals surface area (Å²) < 4.78 is 39.7. The van der Waals surface area contributed by atoms with Gasteiger partial charge in [-0.3, -0.25) is 4.79 Å². The molecule has 140 valence electrons. The van der Waals surface area contributed by atoms with E-state index >= 15 is 0 Å². The molecule has 3 fully saturated rings. The van der Waals surface area contributed by atoms with Crippen LogP contribution in [0.4, 0.5) is 18.9 Å². The van der Waals surface area contributed by atoms with Gasteiger partial charge >= 0.3 is 6.18 Å². The molecular weight excluding hydrogens is 341 g/mol. The number of rotatable bonds is 2. The molecule has 1 saturated heterocycles. The van der Waals surface area contributed by atoms with Crippen molar-refractivity contribution in [2.75, 3.05) is 18.0 Å². The monoisotopic (exact) mass is 364 g/mol. The zero-order valence-electron chi connectivity index (χ0n) is 14.9. The van der Waals surface area contributed by atoms with Gasteiger partial charge in [-0.05, 0) is 60.9 Å². The van der Waals surface area contributed by atoms with E-state index in [0.717, 1.165) is 31.6 Å². The van der Waals surface area contributed by atoms with Crippen LogP contribution in [0.1, 0.15) is 48.5 Å². The summed E-state index contributed by atoms with van der Waals surface area (Å²) in [4.78, 5) is 17.6. The van der Waals surface area contributed by atoms with Crippen molar-refractivity contribution in [3.63, 3.8) is 0 Å². The van der Waals surface area contributed by atoms with Crippen LogP contribution >= 0.6 is 0 Å². The van der Waals surface area contributed by atoms with E-state index in [9.17, 15) is 18.0 Å². The van der Waals surface area contributed by atoms with Gasteiger partial charge in [-0.1, -0.05) is 19.8 Å². The number of benzene rings is 1.